The minimum atomic E-state index is -0.508. The number of azo groups is 1. The van der Waals surface area contributed by atoms with Crippen LogP contribution in [0.4, 0.5) is 5.82 Å². The van der Waals surface area contributed by atoms with Crippen molar-refractivity contribution in [1.82, 2.24) is 19.7 Å². The monoisotopic (exact) mass is 529 g/mol. The van der Waals surface area contributed by atoms with Crippen LogP contribution in [-0.2, 0) is 0 Å². The minimum Gasteiger partial charge on any atom is -0.493 e. The maximum absolute atomic E-state index is 13.0. The Labute approximate surface area is 224 Å². The number of hydrogen-bond donors (Lipinski definition) is 1. The number of benzene rings is 1. The summed E-state index contributed by atoms with van der Waals surface area (Å²) in [6, 6.07) is 8.61. The molecule has 3 aromatic heterocycles. The van der Waals surface area contributed by atoms with Gasteiger partial charge >= 0.3 is 0 Å². The van der Waals surface area contributed by atoms with Crippen LogP contribution < -0.4 is 24.3 Å². The lowest BCUT2D eigenvalue weighted by atomic mass is 10.2. The molecule has 1 aromatic carbocycles. The number of methoxy groups -OCH3 is 2. The Balaban J connectivity index is 1.54. The third-order valence-corrected chi connectivity index (χ3v) is 5.31. The van der Waals surface area contributed by atoms with Crippen LogP contribution in [0.3, 0.4) is 0 Å². The number of pyridine rings is 2. The van der Waals surface area contributed by atoms with Gasteiger partial charge in [-0.3, -0.25) is 9.78 Å². The van der Waals surface area contributed by atoms with Crippen molar-refractivity contribution in [1.29, 1.82) is 0 Å². The summed E-state index contributed by atoms with van der Waals surface area (Å²) in [4.78, 5) is 21.7. The molecule has 0 saturated carbocycles. The van der Waals surface area contributed by atoms with Gasteiger partial charge in [-0.2, -0.15) is 10.2 Å². The molecule has 12 nitrogen and oxygen atoms in total. The largest absolute Gasteiger partial charge is 0.493 e. The van der Waals surface area contributed by atoms with Gasteiger partial charge in [-0.25, -0.2) is 9.67 Å². The summed E-state index contributed by atoms with van der Waals surface area (Å²) in [5.41, 5.74) is 0.742. The maximum atomic E-state index is 13.0. The van der Waals surface area contributed by atoms with Crippen molar-refractivity contribution < 1.29 is 23.7 Å². The van der Waals surface area contributed by atoms with E-state index in [-0.39, 0.29) is 11.4 Å². The van der Waals surface area contributed by atoms with Gasteiger partial charge in [-0.15, -0.1) is 5.11 Å². The van der Waals surface area contributed by atoms with E-state index in [0.29, 0.717) is 46.8 Å². The normalized spacial score (nSPS) is 11.4. The molecule has 0 fully saturated rings. The number of allylic oxidation sites excluding steroid dienone is 2. The van der Waals surface area contributed by atoms with Crippen molar-refractivity contribution in [3.8, 4) is 28.7 Å². The molecular weight excluding hydrogens is 502 g/mol. The van der Waals surface area contributed by atoms with Crippen LogP contribution in [0.2, 0.25) is 0 Å². The van der Waals surface area contributed by atoms with E-state index in [9.17, 15) is 4.79 Å². The topological polar surface area (TPSA) is 134 Å². The second-order valence-electron chi connectivity index (χ2n) is 7.75. The molecule has 3 heterocycles. The molecule has 0 aliphatic rings. The highest BCUT2D eigenvalue weighted by atomic mass is 16.5. The molecule has 12 heteroatoms. The van der Waals surface area contributed by atoms with Crippen molar-refractivity contribution in [2.45, 2.75) is 6.92 Å². The van der Waals surface area contributed by atoms with Crippen molar-refractivity contribution in [3.05, 3.63) is 73.3 Å². The highest BCUT2D eigenvalue weighted by Crippen LogP contribution is 2.36. The molecule has 0 unspecified atom stereocenters. The fourth-order valence-electron chi connectivity index (χ4n) is 3.61. The number of carbonyl (C=O) groups excluding carboxylic acids is 1. The van der Waals surface area contributed by atoms with Crippen LogP contribution in [0.1, 0.15) is 17.4 Å². The number of anilines is 1. The summed E-state index contributed by atoms with van der Waals surface area (Å²) in [6.45, 7) is 5.82. The molecule has 0 saturated heterocycles. The zero-order chi connectivity index (χ0) is 27.8. The van der Waals surface area contributed by atoms with E-state index in [2.05, 4.69) is 37.2 Å². The summed E-state index contributed by atoms with van der Waals surface area (Å²) >= 11 is 0. The first-order valence-electron chi connectivity index (χ1n) is 11.8. The Morgan fingerprint density at radius 2 is 1.90 bits per heavy atom. The lowest BCUT2D eigenvalue weighted by Gasteiger charge is -2.12. The second kappa shape index (κ2) is 12.3. The summed E-state index contributed by atoms with van der Waals surface area (Å²) in [5.74, 6) is 2.57. The van der Waals surface area contributed by atoms with Crippen LogP contribution in [0.5, 0.6) is 28.7 Å². The zero-order valence-corrected chi connectivity index (χ0v) is 21.9. The van der Waals surface area contributed by atoms with Crippen molar-refractivity contribution in [2.24, 2.45) is 10.2 Å². The number of ether oxygens (including phenoxy) is 4. The Morgan fingerprint density at radius 3 is 2.56 bits per heavy atom. The molecule has 0 bridgehead atoms. The first-order valence-corrected chi connectivity index (χ1v) is 11.8. The molecule has 0 aliphatic carbocycles. The van der Waals surface area contributed by atoms with Crippen LogP contribution in [-0.4, -0.2) is 53.5 Å². The molecule has 0 aliphatic heterocycles. The van der Waals surface area contributed by atoms with E-state index >= 15 is 0 Å². The number of nitrogens with zero attached hydrogens (tertiary/aromatic N) is 6. The minimum absolute atomic E-state index is 0.0628. The van der Waals surface area contributed by atoms with E-state index in [0.717, 1.165) is 5.39 Å². The third kappa shape index (κ3) is 6.01. The second-order valence-corrected chi connectivity index (χ2v) is 7.75. The number of hydrogen-bond acceptors (Lipinski definition) is 10. The van der Waals surface area contributed by atoms with Gasteiger partial charge in [0, 0.05) is 24.7 Å². The summed E-state index contributed by atoms with van der Waals surface area (Å²) < 4.78 is 23.8. The Kier molecular flexibility index (Phi) is 8.46. The summed E-state index contributed by atoms with van der Waals surface area (Å²) in [7, 11) is 4.66. The maximum Gasteiger partial charge on any atom is 0.281 e. The average Bonchev–Trinajstić information content (AvgIpc) is 3.37. The standard InChI is InChI=1S/C27H27N7O5/c1-6-8-25(32-28-3)34-16-23(38-7-2)26(33-34)27(35)31-24-10-9-17(15-30-24)39-20-11-12-29-19-14-22(37-5)21(36-4)13-18(19)20/h6,8-16H,1,7H2,2-5H3,(H,30,31,35)/b25-8+,32-28?. The average molecular weight is 530 g/mol. The van der Waals surface area contributed by atoms with Gasteiger partial charge in [0.2, 0.25) is 0 Å². The van der Waals surface area contributed by atoms with Gasteiger partial charge < -0.3 is 24.3 Å². The lowest BCUT2D eigenvalue weighted by molar-refractivity contribution is 0.101. The lowest BCUT2D eigenvalue weighted by Crippen LogP contribution is -2.15. The SMILES string of the molecule is C=C/C=C(\N=NC)n1cc(OCC)c(C(=O)Nc2ccc(Oc3ccnc4cc(OC)c(OC)cc34)cn2)n1. The molecule has 4 aromatic rings. The number of carbonyl (C=O) groups is 1. The number of nitrogens with one attached hydrogen (secondary N) is 1. The van der Waals surface area contributed by atoms with Crippen molar-refractivity contribution in [3.63, 3.8) is 0 Å². The van der Waals surface area contributed by atoms with Crippen LogP contribution in [0, 0.1) is 0 Å². The number of rotatable bonds is 11. The molecule has 39 heavy (non-hydrogen) atoms. The fourth-order valence-corrected chi connectivity index (χ4v) is 3.61. The zero-order valence-electron chi connectivity index (χ0n) is 21.9. The van der Waals surface area contributed by atoms with Crippen molar-refractivity contribution in [2.75, 3.05) is 33.2 Å². The quantitative estimate of drug-likeness (QED) is 0.203. The number of fused-ring (bicyclic) bond motifs is 1. The molecular formula is C27H27N7O5. The first kappa shape index (κ1) is 26.8. The van der Waals surface area contributed by atoms with Gasteiger partial charge in [-0.05, 0) is 37.3 Å². The molecule has 0 spiro atoms. The molecule has 4 rings (SSSR count). The highest BCUT2D eigenvalue weighted by Gasteiger charge is 2.20. The third-order valence-electron chi connectivity index (χ3n) is 5.31. The van der Waals surface area contributed by atoms with Crippen LogP contribution >= 0.6 is 0 Å². The Morgan fingerprint density at radius 1 is 1.10 bits per heavy atom. The molecule has 1 N–H and O–H groups in total. The fraction of sp³-hybridized carbons (Fsp3) is 0.185. The number of aromatic nitrogens is 4. The van der Waals surface area contributed by atoms with Gasteiger partial charge in [0.15, 0.2) is 28.8 Å². The van der Waals surface area contributed by atoms with Gasteiger partial charge in [0.05, 0.1) is 38.7 Å². The summed E-state index contributed by atoms with van der Waals surface area (Å²) in [5, 5.41) is 15.6. The Bertz CT molecular complexity index is 1540. The van der Waals surface area contributed by atoms with E-state index in [1.54, 1.807) is 69.1 Å². The van der Waals surface area contributed by atoms with E-state index in [4.69, 9.17) is 18.9 Å². The van der Waals surface area contributed by atoms with E-state index in [1.165, 1.54) is 17.9 Å². The van der Waals surface area contributed by atoms with E-state index < -0.39 is 5.91 Å². The highest BCUT2D eigenvalue weighted by molar-refractivity contribution is 6.04. The van der Waals surface area contributed by atoms with Gasteiger partial charge in [0.25, 0.3) is 5.91 Å². The molecule has 200 valence electrons. The van der Waals surface area contributed by atoms with Crippen molar-refractivity contribution >= 4 is 28.4 Å². The van der Waals surface area contributed by atoms with Crippen LogP contribution in [0.15, 0.2) is 77.9 Å². The molecule has 1 amide bonds. The van der Waals surface area contributed by atoms with Gasteiger partial charge in [0.1, 0.15) is 17.3 Å². The Hall–Kier alpha value is -5.26. The van der Waals surface area contributed by atoms with E-state index in [1.807, 2.05) is 6.92 Å². The predicted octanol–water partition coefficient (Wildman–Crippen LogP) is 5.35. The number of amides is 1. The summed E-state index contributed by atoms with van der Waals surface area (Å²) in [6.07, 6.45) is 7.84. The van der Waals surface area contributed by atoms with Crippen LogP contribution in [0.25, 0.3) is 16.7 Å². The van der Waals surface area contributed by atoms with Gasteiger partial charge in [-0.1, -0.05) is 12.7 Å². The predicted molar refractivity (Wildman–Crippen MR) is 146 cm³/mol. The smallest absolute Gasteiger partial charge is 0.281 e. The molecule has 0 radical (unpaired) electrons. The first-order chi connectivity index (χ1) is 19.0. The molecule has 0 atom stereocenters.